The lowest BCUT2D eigenvalue weighted by Gasteiger charge is -2.68. The van der Waals surface area contributed by atoms with Crippen LogP contribution in [0.15, 0.2) is 60.7 Å². The first kappa shape index (κ1) is 37.0. The summed E-state index contributed by atoms with van der Waals surface area (Å²) in [7, 11) is 0. The van der Waals surface area contributed by atoms with Gasteiger partial charge in [0, 0.05) is 70.0 Å². The molecular formula is C84H44O. The van der Waals surface area contributed by atoms with Gasteiger partial charge in [-0.15, -0.1) is 0 Å². The summed E-state index contributed by atoms with van der Waals surface area (Å²) in [5.41, 5.74) is 49.7. The van der Waals surface area contributed by atoms with E-state index in [-0.39, 0.29) is 10.8 Å². The Kier molecular flexibility index (Phi) is 4.13. The number of benzene rings is 12. The van der Waals surface area contributed by atoms with Crippen LogP contribution in [0.5, 0.6) is 5.75 Å². The van der Waals surface area contributed by atoms with Crippen LogP contribution in [0.25, 0.3) is 130 Å². The molecule has 386 valence electrons. The zero-order valence-corrected chi connectivity index (χ0v) is 46.7. The predicted octanol–water partition coefficient (Wildman–Crippen LogP) is 19.7. The molecule has 0 heterocycles. The van der Waals surface area contributed by atoms with Crippen molar-refractivity contribution in [1.82, 2.24) is 0 Å². The highest BCUT2D eigenvalue weighted by Gasteiger charge is 2.86. The molecule has 0 aliphatic heterocycles. The van der Waals surface area contributed by atoms with Crippen molar-refractivity contribution in [3.05, 3.63) is 189 Å². The summed E-state index contributed by atoms with van der Waals surface area (Å²) >= 11 is 0. The molecule has 0 radical (unpaired) electrons. The van der Waals surface area contributed by atoms with Gasteiger partial charge in [-0.2, -0.15) is 0 Å². The Balaban J connectivity index is 0.879. The quantitative estimate of drug-likeness (QED) is 0.103. The summed E-state index contributed by atoms with van der Waals surface area (Å²) in [5.74, 6) is 9.35. The van der Waals surface area contributed by atoms with Crippen LogP contribution >= 0.6 is 0 Å². The Morgan fingerprint density at radius 3 is 1.19 bits per heavy atom. The third-order valence-corrected chi connectivity index (χ3v) is 32.8. The second-order valence-electron chi connectivity index (χ2n) is 33.1. The maximum atomic E-state index is 6.77. The van der Waals surface area contributed by atoms with Crippen molar-refractivity contribution in [3.63, 3.8) is 0 Å². The number of allylic oxidation sites excluding steroid dienone is 6. The number of hydrogen-bond donors (Lipinski definition) is 0. The van der Waals surface area contributed by atoms with Crippen LogP contribution in [0.4, 0.5) is 0 Å². The van der Waals surface area contributed by atoms with E-state index < -0.39 is 0 Å². The molecule has 14 aromatic carbocycles. The standard InChI is InChI=1S/C84H44O/c1-3-4-5-6-7-18-85-22-14-12-21(13-15-22)24-17-16-23(20-10-8-19(2)9-11-20)83-79-71-63-53-43-35-27-25-26-29-33-31(27)39-47-41(33)51-45-37(29)38-30(26)34-32-28(25)36(35)44-50-40(32)48-42(34)52-46(38)56-55(45)65-59(51)69-61(47)67(57(63)49(39)43)75(79)77(69)81-73(65)74-66(56)60(52)70-62(48)68-58(50)64(54(44)53)72(71)80(83)76(68)78(70)82(74)84(24,81)83/h8-17,25-27,31,39,42,49,52,57,60,67,70,75,78-79,82H,3-7,18H2,1-2H3. The second kappa shape index (κ2) is 9.50. The molecular weight excluding hydrogens is 1020 g/mol. The summed E-state index contributed by atoms with van der Waals surface area (Å²) in [4.78, 5) is 0. The summed E-state index contributed by atoms with van der Waals surface area (Å²) in [6.45, 7) is 5.47. The molecule has 0 fully saturated rings. The van der Waals surface area contributed by atoms with E-state index in [0.717, 1.165) is 18.8 Å². The fourth-order valence-electron chi connectivity index (χ4n) is 33.0. The minimum absolute atomic E-state index is 0.295. The first-order valence-corrected chi connectivity index (χ1v) is 34.2. The number of unbranched alkanes of at least 4 members (excludes halogenated alkanes) is 4. The summed E-state index contributed by atoms with van der Waals surface area (Å²) in [6, 6.07) is 20.3. The van der Waals surface area contributed by atoms with E-state index in [1.54, 1.807) is 16.5 Å². The largest absolute Gasteiger partial charge is 0.494 e. The highest BCUT2D eigenvalue weighted by atomic mass is 16.5. The number of hydrogen-bond acceptors (Lipinski definition) is 1. The average Bonchev–Trinajstić information content (AvgIpc) is 1.39. The van der Waals surface area contributed by atoms with Gasteiger partial charge in [-0.1, -0.05) is 86.7 Å². The molecule has 1 nitrogen and oxygen atoms in total. The van der Waals surface area contributed by atoms with E-state index in [1.165, 1.54) is 42.4 Å². The van der Waals surface area contributed by atoms with Gasteiger partial charge in [-0.05, 0) is 313 Å². The SMILES string of the molecule is CCCCCCCOc1ccc(C2=CC=C(c3ccc(C)cc3)C34c5c6c7c8c9c%10c%11c%12c%13c%14c%15c%16c%17c(c5c5c%16c%13c%10c75)C3C3c5c7c%10c%13c%16c%18c%19c%20c%21c%22c%23c%24c%25c(c5c5c%24c%21c%18c%105)C3C%17C%15C%25C%23C%14C%12C%22C%20=C%11C9C%19C%16C8C6C%13C274)cc1. The summed E-state index contributed by atoms with van der Waals surface area (Å²) in [6.07, 6.45) is 12.0. The molecule has 1 heteroatoms. The fourth-order valence-corrected chi connectivity index (χ4v) is 33.0. The Hall–Kier alpha value is -7.74. The van der Waals surface area contributed by atoms with Crippen molar-refractivity contribution in [2.45, 2.75) is 151 Å². The van der Waals surface area contributed by atoms with E-state index in [2.05, 4.69) is 74.5 Å². The topological polar surface area (TPSA) is 9.23 Å². The van der Waals surface area contributed by atoms with Crippen LogP contribution in [0, 0.1) is 6.92 Å². The van der Waals surface area contributed by atoms with E-state index in [4.69, 9.17) is 4.74 Å². The van der Waals surface area contributed by atoms with Crippen LogP contribution in [0.3, 0.4) is 0 Å². The molecule has 35 rings (SSSR count). The fraction of sp³-hybridized carbons (Fsp3) is 0.310. The normalized spacial score (nSPS) is 38.0. The van der Waals surface area contributed by atoms with Crippen LogP contribution in [0.1, 0.15) is 262 Å². The molecule has 18 unspecified atom stereocenters. The smallest absolute Gasteiger partial charge is 0.119 e. The monoisotopic (exact) mass is 1070 g/mol. The molecule has 0 saturated carbocycles. The van der Waals surface area contributed by atoms with E-state index in [1.807, 2.05) is 225 Å². The zero-order chi connectivity index (χ0) is 52.0. The molecule has 0 saturated heterocycles. The van der Waals surface area contributed by atoms with Gasteiger partial charge in [-0.3, -0.25) is 0 Å². The molecule has 21 aliphatic carbocycles. The molecule has 85 heavy (non-hydrogen) atoms. The van der Waals surface area contributed by atoms with E-state index >= 15 is 0 Å². The minimum atomic E-state index is -0.307. The van der Waals surface area contributed by atoms with Crippen molar-refractivity contribution in [2.75, 3.05) is 6.61 Å². The molecule has 21 aliphatic rings. The van der Waals surface area contributed by atoms with Crippen molar-refractivity contribution in [1.29, 1.82) is 0 Å². The average molecular weight is 1070 g/mol. The minimum Gasteiger partial charge on any atom is -0.494 e. The van der Waals surface area contributed by atoms with Gasteiger partial charge in [0.05, 0.1) is 6.61 Å². The molecule has 0 N–H and O–H groups in total. The van der Waals surface area contributed by atoms with Gasteiger partial charge in [0.1, 0.15) is 5.75 Å². The van der Waals surface area contributed by atoms with E-state index in [9.17, 15) is 0 Å². The van der Waals surface area contributed by atoms with Gasteiger partial charge in [0.2, 0.25) is 0 Å². The Morgan fingerprint density at radius 1 is 0.329 bits per heavy atom. The highest BCUT2D eigenvalue weighted by molar-refractivity contribution is 6.54. The maximum absolute atomic E-state index is 6.77. The maximum Gasteiger partial charge on any atom is 0.119 e. The Bertz CT molecular complexity index is 6540. The third-order valence-electron chi connectivity index (χ3n) is 32.8. The first-order chi connectivity index (χ1) is 42.3. The van der Waals surface area contributed by atoms with Crippen LogP contribution in [-0.4, -0.2) is 6.61 Å². The first-order valence-electron chi connectivity index (χ1n) is 34.2. The Labute approximate surface area is 484 Å². The van der Waals surface area contributed by atoms with Gasteiger partial charge in [0.25, 0.3) is 0 Å². The lowest BCUT2D eigenvalue weighted by Crippen LogP contribution is -2.63. The van der Waals surface area contributed by atoms with Crippen molar-refractivity contribution in [3.8, 4) is 5.75 Å². The van der Waals surface area contributed by atoms with Crippen molar-refractivity contribution >= 4 is 130 Å². The predicted molar refractivity (Wildman–Crippen MR) is 337 cm³/mol. The van der Waals surface area contributed by atoms with Gasteiger partial charge in [-0.25, -0.2) is 0 Å². The van der Waals surface area contributed by atoms with Crippen LogP contribution < -0.4 is 4.74 Å². The van der Waals surface area contributed by atoms with E-state index in [0.29, 0.717) is 94.7 Å². The van der Waals surface area contributed by atoms with Gasteiger partial charge in [0.15, 0.2) is 0 Å². The summed E-state index contributed by atoms with van der Waals surface area (Å²) in [5, 5.41) is 36.8. The van der Waals surface area contributed by atoms with Crippen molar-refractivity contribution in [2.24, 2.45) is 0 Å². The molecule has 0 aromatic heterocycles. The van der Waals surface area contributed by atoms with Gasteiger partial charge < -0.3 is 4.74 Å². The molecule has 14 aromatic rings. The third kappa shape index (κ3) is 2.40. The number of rotatable bonds is 9. The Morgan fingerprint density at radius 2 is 0.706 bits per heavy atom. The molecule has 18 atom stereocenters. The highest BCUT2D eigenvalue weighted by Crippen LogP contribution is 2.99. The lowest BCUT2D eigenvalue weighted by molar-refractivity contribution is 0.143. The van der Waals surface area contributed by atoms with Gasteiger partial charge >= 0.3 is 0 Å². The van der Waals surface area contributed by atoms with Crippen LogP contribution in [-0.2, 0) is 10.8 Å². The number of ether oxygens (including phenoxy) is 1. The molecule has 2 spiro atoms. The zero-order valence-electron chi connectivity index (χ0n) is 46.7. The molecule has 0 amide bonds. The number of aryl methyl sites for hydroxylation is 1. The molecule has 0 bridgehead atoms. The van der Waals surface area contributed by atoms with Crippen molar-refractivity contribution < 1.29 is 4.74 Å². The lowest BCUT2D eigenvalue weighted by atomic mass is 9.32. The van der Waals surface area contributed by atoms with Crippen LogP contribution in [0.2, 0.25) is 0 Å². The second-order valence-corrected chi connectivity index (χ2v) is 33.1. The summed E-state index contributed by atoms with van der Waals surface area (Å²) < 4.78 is 6.77.